The van der Waals surface area contributed by atoms with Crippen LogP contribution in [0.1, 0.15) is 25.7 Å². The molecule has 0 bridgehead atoms. The lowest BCUT2D eigenvalue weighted by molar-refractivity contribution is -0.179. The van der Waals surface area contributed by atoms with Crippen molar-refractivity contribution in [3.8, 4) is 0 Å². The predicted molar refractivity (Wildman–Crippen MR) is 84.6 cm³/mol. The summed E-state index contributed by atoms with van der Waals surface area (Å²) in [6, 6.07) is 11.1. The van der Waals surface area contributed by atoms with Gasteiger partial charge in [0.05, 0.1) is 13.2 Å². The van der Waals surface area contributed by atoms with Gasteiger partial charge in [-0.2, -0.15) is 0 Å². The Kier molecular flexibility index (Phi) is 4.78. The molecule has 0 unspecified atom stereocenters. The van der Waals surface area contributed by atoms with Crippen LogP contribution in [0.2, 0.25) is 0 Å². The first kappa shape index (κ1) is 14.8. The van der Waals surface area contributed by atoms with Crippen LogP contribution >= 0.6 is 0 Å². The van der Waals surface area contributed by atoms with Crippen LogP contribution in [-0.2, 0) is 9.47 Å². The van der Waals surface area contributed by atoms with Gasteiger partial charge in [-0.3, -0.25) is 0 Å². The highest BCUT2D eigenvalue weighted by Gasteiger charge is 2.40. The van der Waals surface area contributed by atoms with E-state index in [4.69, 9.17) is 9.47 Å². The molecular formula is C17H26N2O2. The number of ether oxygens (including phenoxy) is 2. The third-order valence-corrected chi connectivity index (χ3v) is 4.64. The van der Waals surface area contributed by atoms with Crippen LogP contribution in [0.25, 0.3) is 0 Å². The van der Waals surface area contributed by atoms with Crippen LogP contribution in [0.15, 0.2) is 30.3 Å². The number of rotatable bonds is 5. The number of hydrogen-bond donors (Lipinski definition) is 1. The Labute approximate surface area is 127 Å². The molecule has 4 heteroatoms. The summed E-state index contributed by atoms with van der Waals surface area (Å²) in [6.45, 7) is 3.57. The second-order valence-electron chi connectivity index (χ2n) is 6.09. The van der Waals surface area contributed by atoms with Crippen LogP contribution in [0.3, 0.4) is 0 Å². The van der Waals surface area contributed by atoms with Crippen molar-refractivity contribution in [2.75, 3.05) is 38.3 Å². The summed E-state index contributed by atoms with van der Waals surface area (Å²) in [7, 11) is 2.15. The van der Waals surface area contributed by atoms with E-state index in [-0.39, 0.29) is 5.79 Å². The molecule has 1 saturated heterocycles. The third kappa shape index (κ3) is 3.76. The van der Waals surface area contributed by atoms with Gasteiger partial charge in [0, 0.05) is 44.7 Å². The molecule has 0 radical (unpaired) electrons. The van der Waals surface area contributed by atoms with Gasteiger partial charge in [0.2, 0.25) is 0 Å². The van der Waals surface area contributed by atoms with E-state index < -0.39 is 0 Å². The Hall–Kier alpha value is -1.10. The van der Waals surface area contributed by atoms with Gasteiger partial charge >= 0.3 is 0 Å². The van der Waals surface area contributed by atoms with Crippen LogP contribution < -0.4 is 10.2 Å². The third-order valence-electron chi connectivity index (χ3n) is 4.64. The van der Waals surface area contributed by atoms with Crippen LogP contribution in [0.4, 0.5) is 5.69 Å². The zero-order valence-corrected chi connectivity index (χ0v) is 12.9. The number of hydrogen-bond acceptors (Lipinski definition) is 4. The summed E-state index contributed by atoms with van der Waals surface area (Å²) in [5.41, 5.74) is 1.27. The van der Waals surface area contributed by atoms with E-state index in [1.807, 2.05) is 0 Å². The molecular weight excluding hydrogens is 264 g/mol. The zero-order chi connectivity index (χ0) is 14.5. The van der Waals surface area contributed by atoms with Crippen molar-refractivity contribution in [2.24, 2.45) is 0 Å². The Morgan fingerprint density at radius 2 is 1.81 bits per heavy atom. The first-order valence-electron chi connectivity index (χ1n) is 8.05. The summed E-state index contributed by atoms with van der Waals surface area (Å²) >= 11 is 0. The minimum Gasteiger partial charge on any atom is -0.373 e. The van der Waals surface area contributed by atoms with E-state index in [0.29, 0.717) is 6.04 Å². The maximum Gasteiger partial charge on any atom is 0.168 e. The molecule has 2 fully saturated rings. The quantitative estimate of drug-likeness (QED) is 0.903. The summed E-state index contributed by atoms with van der Waals surface area (Å²) in [6.07, 6.45) is 4.35. The molecule has 0 amide bonds. The molecule has 0 aromatic heterocycles. The van der Waals surface area contributed by atoms with E-state index in [2.05, 4.69) is 47.6 Å². The molecule has 116 valence electrons. The highest BCUT2D eigenvalue weighted by molar-refractivity contribution is 5.44. The lowest BCUT2D eigenvalue weighted by Crippen LogP contribution is -2.43. The topological polar surface area (TPSA) is 33.7 Å². The normalized spacial score (nSPS) is 21.8. The molecule has 0 atom stereocenters. The standard InChI is InChI=1S/C17H26N2O2/c1-19(16-5-3-2-4-6-16)12-11-18-15-7-9-17(10-8-15)20-13-14-21-17/h2-6,15,18H,7-14H2,1H3. The summed E-state index contributed by atoms with van der Waals surface area (Å²) in [4.78, 5) is 2.29. The van der Waals surface area contributed by atoms with Crippen LogP contribution in [0.5, 0.6) is 0 Å². The molecule has 3 rings (SSSR count). The minimum absolute atomic E-state index is 0.237. The van der Waals surface area contributed by atoms with Gasteiger partial charge in [0.25, 0.3) is 0 Å². The smallest absolute Gasteiger partial charge is 0.168 e. The van der Waals surface area contributed by atoms with Gasteiger partial charge in [-0.05, 0) is 25.0 Å². The summed E-state index contributed by atoms with van der Waals surface area (Å²) in [5, 5.41) is 3.68. The fourth-order valence-electron chi connectivity index (χ4n) is 3.30. The molecule has 1 saturated carbocycles. The predicted octanol–water partition coefficient (Wildman–Crippen LogP) is 2.40. The van der Waals surface area contributed by atoms with Crippen molar-refractivity contribution in [3.05, 3.63) is 30.3 Å². The van der Waals surface area contributed by atoms with Crippen molar-refractivity contribution in [1.29, 1.82) is 0 Å². The fraction of sp³-hybridized carbons (Fsp3) is 0.647. The lowest BCUT2D eigenvalue weighted by atomic mass is 9.90. The van der Waals surface area contributed by atoms with Gasteiger partial charge in [0.1, 0.15) is 0 Å². The molecule has 2 aliphatic rings. The van der Waals surface area contributed by atoms with Gasteiger partial charge < -0.3 is 19.7 Å². The minimum atomic E-state index is -0.237. The first-order valence-corrected chi connectivity index (χ1v) is 8.05. The van der Waals surface area contributed by atoms with Crippen molar-refractivity contribution in [2.45, 2.75) is 37.5 Å². The summed E-state index contributed by atoms with van der Waals surface area (Å²) < 4.78 is 11.5. The fourth-order valence-corrected chi connectivity index (χ4v) is 3.30. The Morgan fingerprint density at radius 1 is 1.14 bits per heavy atom. The second-order valence-corrected chi connectivity index (χ2v) is 6.09. The van der Waals surface area contributed by atoms with E-state index in [9.17, 15) is 0 Å². The maximum absolute atomic E-state index is 5.77. The van der Waals surface area contributed by atoms with Crippen molar-refractivity contribution >= 4 is 5.69 Å². The first-order chi connectivity index (χ1) is 10.3. The van der Waals surface area contributed by atoms with Crippen molar-refractivity contribution in [1.82, 2.24) is 5.32 Å². The molecule has 1 aromatic rings. The molecule has 1 N–H and O–H groups in total. The number of likely N-dealkylation sites (N-methyl/N-ethyl adjacent to an activating group) is 1. The molecule has 21 heavy (non-hydrogen) atoms. The summed E-state index contributed by atoms with van der Waals surface area (Å²) in [5.74, 6) is -0.237. The molecule has 4 nitrogen and oxygen atoms in total. The van der Waals surface area contributed by atoms with E-state index in [1.165, 1.54) is 5.69 Å². The lowest BCUT2D eigenvalue weighted by Gasteiger charge is -2.36. The maximum atomic E-state index is 5.77. The zero-order valence-electron chi connectivity index (χ0n) is 12.9. The Morgan fingerprint density at radius 3 is 2.48 bits per heavy atom. The van der Waals surface area contributed by atoms with E-state index >= 15 is 0 Å². The highest BCUT2D eigenvalue weighted by atomic mass is 16.7. The number of nitrogens with zero attached hydrogens (tertiary/aromatic N) is 1. The Bertz CT molecular complexity index is 422. The Balaban J connectivity index is 1.37. The van der Waals surface area contributed by atoms with Gasteiger partial charge in [0.15, 0.2) is 5.79 Å². The molecule has 1 aromatic carbocycles. The van der Waals surface area contributed by atoms with E-state index in [1.54, 1.807) is 0 Å². The van der Waals surface area contributed by atoms with Crippen LogP contribution in [0, 0.1) is 0 Å². The number of nitrogens with one attached hydrogen (secondary N) is 1. The number of anilines is 1. The van der Waals surface area contributed by atoms with Gasteiger partial charge in [-0.15, -0.1) is 0 Å². The average Bonchev–Trinajstić information content (AvgIpc) is 2.98. The van der Waals surface area contributed by atoms with Crippen molar-refractivity contribution in [3.63, 3.8) is 0 Å². The van der Waals surface area contributed by atoms with Gasteiger partial charge in [-0.25, -0.2) is 0 Å². The van der Waals surface area contributed by atoms with E-state index in [0.717, 1.165) is 52.0 Å². The molecule has 1 spiro atoms. The average molecular weight is 290 g/mol. The molecule has 1 aliphatic carbocycles. The van der Waals surface area contributed by atoms with Crippen LogP contribution in [-0.4, -0.2) is 45.2 Å². The molecule has 1 aliphatic heterocycles. The van der Waals surface area contributed by atoms with Crippen molar-refractivity contribution < 1.29 is 9.47 Å². The highest BCUT2D eigenvalue weighted by Crippen LogP contribution is 2.35. The SMILES string of the molecule is CN(CCNC1CCC2(CC1)OCCO2)c1ccccc1. The monoisotopic (exact) mass is 290 g/mol. The second kappa shape index (κ2) is 6.77. The van der Waals surface area contributed by atoms with Gasteiger partial charge in [-0.1, -0.05) is 18.2 Å². The largest absolute Gasteiger partial charge is 0.373 e. The molecule has 1 heterocycles. The number of para-hydroxylation sites is 1. The number of benzene rings is 1.